The molecule has 0 aliphatic rings. The van der Waals surface area contributed by atoms with E-state index in [1.807, 2.05) is 0 Å². The Labute approximate surface area is 171 Å². The molecule has 0 saturated carbocycles. The van der Waals surface area contributed by atoms with Crippen molar-refractivity contribution in [1.29, 1.82) is 0 Å². The topological polar surface area (TPSA) is 127 Å². The third-order valence-corrected chi connectivity index (χ3v) is 4.90. The maximum absolute atomic E-state index is 13.0. The van der Waals surface area contributed by atoms with Crippen molar-refractivity contribution in [2.45, 2.75) is 0 Å². The van der Waals surface area contributed by atoms with Gasteiger partial charge >= 0.3 is 5.88 Å². The van der Waals surface area contributed by atoms with E-state index in [2.05, 4.69) is 15.6 Å². The lowest BCUT2D eigenvalue weighted by Crippen LogP contribution is -2.11. The molecule has 0 saturated heterocycles. The largest absolute Gasteiger partial charge is 0.433 e. The van der Waals surface area contributed by atoms with Gasteiger partial charge in [0.1, 0.15) is 10.7 Å². The lowest BCUT2D eigenvalue weighted by Gasteiger charge is -2.02. The summed E-state index contributed by atoms with van der Waals surface area (Å²) in [6, 6.07) is 12.3. The number of nitrogens with zero attached hydrogens (tertiary/aromatic N) is 2. The van der Waals surface area contributed by atoms with Crippen LogP contribution < -0.4 is 10.6 Å². The van der Waals surface area contributed by atoms with Crippen LogP contribution in [0.5, 0.6) is 0 Å². The van der Waals surface area contributed by atoms with Crippen LogP contribution in [-0.2, 0) is 0 Å². The Balaban J connectivity index is 1.49. The first kappa shape index (κ1) is 19.2. The normalized spacial score (nSPS) is 10.7. The fourth-order valence-corrected chi connectivity index (χ4v) is 3.47. The summed E-state index contributed by atoms with van der Waals surface area (Å²) >= 11 is 1.19. The molecule has 0 bridgehead atoms. The zero-order valence-corrected chi connectivity index (χ0v) is 15.7. The van der Waals surface area contributed by atoms with Crippen LogP contribution in [-0.4, -0.2) is 21.7 Å². The van der Waals surface area contributed by atoms with Gasteiger partial charge in [0.25, 0.3) is 11.8 Å². The maximum atomic E-state index is 13.0. The number of thiazole rings is 1. The van der Waals surface area contributed by atoms with Crippen LogP contribution >= 0.6 is 11.3 Å². The van der Waals surface area contributed by atoms with Crippen LogP contribution in [0.15, 0.2) is 59.0 Å². The molecule has 11 heteroatoms. The zero-order chi connectivity index (χ0) is 21.3. The van der Waals surface area contributed by atoms with Gasteiger partial charge in [-0.15, -0.1) is 0 Å². The summed E-state index contributed by atoms with van der Waals surface area (Å²) in [4.78, 5) is 38.7. The highest BCUT2D eigenvalue weighted by molar-refractivity contribution is 7.22. The van der Waals surface area contributed by atoms with Crippen LogP contribution in [0.3, 0.4) is 0 Å². The van der Waals surface area contributed by atoms with Crippen molar-refractivity contribution in [3.05, 3.63) is 81.9 Å². The van der Waals surface area contributed by atoms with E-state index in [0.717, 1.165) is 6.07 Å². The van der Waals surface area contributed by atoms with Crippen LogP contribution in [0.25, 0.3) is 10.2 Å². The lowest BCUT2D eigenvalue weighted by atomic mass is 10.2. The van der Waals surface area contributed by atoms with E-state index < -0.39 is 28.4 Å². The third-order valence-electron chi connectivity index (χ3n) is 3.97. The average Bonchev–Trinajstić information content (AvgIpc) is 3.35. The van der Waals surface area contributed by atoms with Crippen molar-refractivity contribution in [2.75, 3.05) is 10.6 Å². The summed E-state index contributed by atoms with van der Waals surface area (Å²) in [5, 5.41) is 16.2. The predicted molar refractivity (Wildman–Crippen MR) is 107 cm³/mol. The van der Waals surface area contributed by atoms with Crippen molar-refractivity contribution in [1.82, 2.24) is 4.98 Å². The highest BCUT2D eigenvalue weighted by Crippen LogP contribution is 2.29. The van der Waals surface area contributed by atoms with E-state index in [4.69, 9.17) is 4.42 Å². The van der Waals surface area contributed by atoms with Crippen LogP contribution in [0.2, 0.25) is 0 Å². The SMILES string of the molecule is O=C(Nc1nc2ccc(NC(=O)c3ccc([N+](=O)[O-])o3)cc2s1)c1ccc(F)cc1. The van der Waals surface area contributed by atoms with Gasteiger partial charge in [-0.25, -0.2) is 9.37 Å². The van der Waals surface area contributed by atoms with Gasteiger partial charge in [-0.05, 0) is 48.5 Å². The van der Waals surface area contributed by atoms with Gasteiger partial charge in [0, 0.05) is 11.3 Å². The number of carbonyl (C=O) groups is 2. The minimum absolute atomic E-state index is 0.196. The smallest absolute Gasteiger partial charge is 0.395 e. The average molecular weight is 426 g/mol. The molecule has 30 heavy (non-hydrogen) atoms. The molecule has 0 unspecified atom stereocenters. The van der Waals surface area contributed by atoms with Crippen LogP contribution in [0.1, 0.15) is 20.9 Å². The van der Waals surface area contributed by atoms with Crippen LogP contribution in [0.4, 0.5) is 21.1 Å². The number of aromatic nitrogens is 1. The molecule has 0 spiro atoms. The Morgan fingerprint density at radius 1 is 1.03 bits per heavy atom. The molecule has 2 N–H and O–H groups in total. The van der Waals surface area contributed by atoms with E-state index in [1.165, 1.54) is 41.7 Å². The van der Waals surface area contributed by atoms with Gasteiger partial charge in [-0.3, -0.25) is 25.0 Å². The minimum Gasteiger partial charge on any atom is -0.395 e. The molecule has 9 nitrogen and oxygen atoms in total. The molecule has 2 aromatic heterocycles. The Morgan fingerprint density at radius 2 is 1.80 bits per heavy atom. The van der Waals surface area contributed by atoms with Gasteiger partial charge < -0.3 is 9.73 Å². The number of carbonyl (C=O) groups excluding carboxylic acids is 2. The number of rotatable bonds is 5. The summed E-state index contributed by atoms with van der Waals surface area (Å²) < 4.78 is 18.5. The molecule has 0 fully saturated rings. The van der Waals surface area contributed by atoms with E-state index in [9.17, 15) is 24.1 Å². The number of fused-ring (bicyclic) bond motifs is 1. The van der Waals surface area contributed by atoms with Crippen molar-refractivity contribution in [3.63, 3.8) is 0 Å². The molecule has 0 aliphatic heterocycles. The molecule has 4 aromatic rings. The van der Waals surface area contributed by atoms with Gasteiger partial charge in [0.2, 0.25) is 0 Å². The second-order valence-corrected chi connectivity index (χ2v) is 7.04. The summed E-state index contributed by atoms with van der Waals surface area (Å²) in [6.07, 6.45) is 0. The third kappa shape index (κ3) is 4.00. The van der Waals surface area contributed by atoms with E-state index in [-0.39, 0.29) is 11.3 Å². The van der Waals surface area contributed by atoms with Crippen molar-refractivity contribution in [3.8, 4) is 0 Å². The Morgan fingerprint density at radius 3 is 2.50 bits per heavy atom. The number of nitrogens with one attached hydrogen (secondary N) is 2. The molecular weight excluding hydrogens is 415 g/mol. The van der Waals surface area contributed by atoms with E-state index >= 15 is 0 Å². The molecular formula is C19H11FN4O5S. The van der Waals surface area contributed by atoms with Crippen molar-refractivity contribution in [2.24, 2.45) is 0 Å². The molecule has 150 valence electrons. The summed E-state index contributed by atoms with van der Waals surface area (Å²) in [5.41, 5.74) is 1.31. The number of benzene rings is 2. The monoisotopic (exact) mass is 426 g/mol. The van der Waals surface area contributed by atoms with Gasteiger partial charge in [0.15, 0.2) is 10.9 Å². The van der Waals surface area contributed by atoms with Crippen molar-refractivity contribution >= 4 is 50.1 Å². The molecule has 0 atom stereocenters. The number of hydrogen-bond acceptors (Lipinski definition) is 7. The van der Waals surface area contributed by atoms with E-state index in [0.29, 0.717) is 21.0 Å². The lowest BCUT2D eigenvalue weighted by molar-refractivity contribution is -0.402. The quantitative estimate of drug-likeness (QED) is 0.359. The summed E-state index contributed by atoms with van der Waals surface area (Å²) in [7, 11) is 0. The number of nitro groups is 1. The first-order valence-electron chi connectivity index (χ1n) is 8.42. The Hall–Kier alpha value is -4.12. The number of hydrogen-bond donors (Lipinski definition) is 2. The maximum Gasteiger partial charge on any atom is 0.433 e. The highest BCUT2D eigenvalue weighted by atomic mass is 32.1. The predicted octanol–water partition coefficient (Wildman–Crippen LogP) is 4.44. The number of anilines is 2. The van der Waals surface area contributed by atoms with Gasteiger partial charge in [-0.1, -0.05) is 11.3 Å². The van der Waals surface area contributed by atoms with Gasteiger partial charge in [-0.2, -0.15) is 0 Å². The first-order chi connectivity index (χ1) is 14.4. The second kappa shape index (κ2) is 7.72. The van der Waals surface area contributed by atoms with Gasteiger partial charge in [0.05, 0.1) is 16.3 Å². The molecule has 2 heterocycles. The summed E-state index contributed by atoms with van der Waals surface area (Å²) in [5.74, 6) is -2.23. The number of furan rings is 1. The fourth-order valence-electron chi connectivity index (χ4n) is 2.57. The molecule has 2 aromatic carbocycles. The Bertz CT molecular complexity index is 1280. The van der Waals surface area contributed by atoms with Crippen LogP contribution in [0, 0.1) is 15.9 Å². The van der Waals surface area contributed by atoms with E-state index in [1.54, 1.807) is 18.2 Å². The molecule has 4 rings (SSSR count). The first-order valence-corrected chi connectivity index (χ1v) is 9.24. The molecule has 0 radical (unpaired) electrons. The zero-order valence-electron chi connectivity index (χ0n) is 14.9. The minimum atomic E-state index is -0.734. The highest BCUT2D eigenvalue weighted by Gasteiger charge is 2.18. The van der Waals surface area contributed by atoms with Crippen molar-refractivity contribution < 1.29 is 23.3 Å². The molecule has 2 amide bonds. The Kier molecular flexibility index (Phi) is 4.94. The summed E-state index contributed by atoms with van der Waals surface area (Å²) in [6.45, 7) is 0. The number of halogens is 1. The standard InChI is InChI=1S/C19H11FN4O5S/c20-11-3-1-10(2-4-11)17(25)23-19-22-13-6-5-12(9-15(13)30-19)21-18(26)14-7-8-16(29-14)24(27)28/h1-9H,(H,21,26)(H,22,23,25). The number of amides is 2. The fraction of sp³-hybridized carbons (Fsp3) is 0. The molecule has 0 aliphatic carbocycles. The second-order valence-electron chi connectivity index (χ2n) is 6.01.